The van der Waals surface area contributed by atoms with Crippen molar-refractivity contribution in [3.63, 3.8) is 0 Å². The van der Waals surface area contributed by atoms with Crippen molar-refractivity contribution < 1.29 is 4.74 Å². The number of nitrogens with zero attached hydrogens (tertiary/aromatic N) is 4. The molecule has 31 heavy (non-hydrogen) atoms. The quantitative estimate of drug-likeness (QED) is 0.480. The van der Waals surface area contributed by atoms with E-state index in [-0.39, 0.29) is 0 Å². The molecule has 0 amide bonds. The molecule has 1 aliphatic heterocycles. The van der Waals surface area contributed by atoms with E-state index in [0.717, 1.165) is 66.3 Å². The maximum atomic E-state index is 5.26. The Labute approximate surface area is 182 Å². The second-order valence-electron chi connectivity index (χ2n) is 7.89. The van der Waals surface area contributed by atoms with E-state index in [4.69, 9.17) is 9.72 Å². The topological polar surface area (TPSA) is 41.5 Å². The molecule has 1 aliphatic rings. The molecule has 0 atom stereocenters. The van der Waals surface area contributed by atoms with Crippen molar-refractivity contribution in [2.75, 3.05) is 38.2 Å². The van der Waals surface area contributed by atoms with E-state index < -0.39 is 0 Å². The van der Waals surface area contributed by atoms with E-state index >= 15 is 0 Å². The molecule has 5 heteroatoms. The van der Waals surface area contributed by atoms with Crippen molar-refractivity contribution in [1.82, 2.24) is 14.9 Å². The molecule has 2 aromatic carbocycles. The Morgan fingerprint density at radius 3 is 2.35 bits per heavy atom. The molecule has 0 N–H and O–H groups in total. The average molecular weight is 411 g/mol. The van der Waals surface area contributed by atoms with Gasteiger partial charge >= 0.3 is 0 Å². The summed E-state index contributed by atoms with van der Waals surface area (Å²) in [4.78, 5) is 14.1. The van der Waals surface area contributed by atoms with Crippen LogP contribution in [-0.4, -0.2) is 48.2 Å². The van der Waals surface area contributed by atoms with Gasteiger partial charge in [0.2, 0.25) is 0 Å². The van der Waals surface area contributed by atoms with Gasteiger partial charge in [-0.3, -0.25) is 9.88 Å². The van der Waals surface area contributed by atoms with Crippen LogP contribution < -0.4 is 9.64 Å². The molecule has 3 heterocycles. The zero-order valence-electron chi connectivity index (χ0n) is 17.7. The summed E-state index contributed by atoms with van der Waals surface area (Å²) in [6, 6.07) is 23.2. The van der Waals surface area contributed by atoms with Gasteiger partial charge in [0.15, 0.2) is 0 Å². The monoisotopic (exact) mass is 410 g/mol. The third kappa shape index (κ3) is 4.23. The standard InChI is InChI=1S/C26H26N4O/c1-31-23-8-5-20(6-9-23)19-29-15-17-30(18-16-29)25-10-7-22-3-2-4-24(26(22)28-25)21-11-13-27-14-12-21/h2-14H,15-19H2,1H3. The number of hydrogen-bond donors (Lipinski definition) is 0. The zero-order valence-corrected chi connectivity index (χ0v) is 17.7. The number of methoxy groups -OCH3 is 1. The minimum Gasteiger partial charge on any atom is -0.497 e. The Morgan fingerprint density at radius 1 is 0.839 bits per heavy atom. The predicted octanol–water partition coefficient (Wildman–Crippen LogP) is 4.63. The SMILES string of the molecule is COc1ccc(CN2CCN(c3ccc4cccc(-c5ccncc5)c4n3)CC2)cc1. The van der Waals surface area contributed by atoms with E-state index in [1.54, 1.807) is 7.11 Å². The fourth-order valence-corrected chi connectivity index (χ4v) is 4.20. The zero-order chi connectivity index (χ0) is 21.0. The van der Waals surface area contributed by atoms with E-state index in [1.807, 2.05) is 36.7 Å². The summed E-state index contributed by atoms with van der Waals surface area (Å²) in [5.74, 6) is 1.96. The normalized spacial score (nSPS) is 14.7. The first-order valence-corrected chi connectivity index (χ1v) is 10.7. The molecule has 5 nitrogen and oxygen atoms in total. The summed E-state index contributed by atoms with van der Waals surface area (Å²) in [5, 5.41) is 1.16. The maximum absolute atomic E-state index is 5.26. The molecule has 0 saturated carbocycles. The number of para-hydroxylation sites is 1. The summed E-state index contributed by atoms with van der Waals surface area (Å²) in [5.41, 5.74) is 4.67. The first-order valence-electron chi connectivity index (χ1n) is 10.7. The third-order valence-electron chi connectivity index (χ3n) is 5.96. The number of ether oxygens (including phenoxy) is 1. The van der Waals surface area contributed by atoms with Gasteiger partial charge in [-0.1, -0.05) is 30.3 Å². The highest BCUT2D eigenvalue weighted by Gasteiger charge is 2.19. The summed E-state index contributed by atoms with van der Waals surface area (Å²) in [7, 11) is 1.70. The van der Waals surface area contributed by atoms with Gasteiger partial charge in [0.05, 0.1) is 12.6 Å². The molecule has 0 aliphatic carbocycles. The van der Waals surface area contributed by atoms with Crippen LogP contribution in [0.3, 0.4) is 0 Å². The van der Waals surface area contributed by atoms with Crippen LogP contribution in [0.5, 0.6) is 5.75 Å². The molecule has 0 unspecified atom stereocenters. The Kier molecular flexibility index (Phi) is 5.50. The molecule has 156 valence electrons. The molecular weight excluding hydrogens is 384 g/mol. The highest BCUT2D eigenvalue weighted by atomic mass is 16.5. The fourth-order valence-electron chi connectivity index (χ4n) is 4.20. The van der Waals surface area contributed by atoms with Crippen LogP contribution in [0.1, 0.15) is 5.56 Å². The van der Waals surface area contributed by atoms with Gasteiger partial charge in [-0.2, -0.15) is 0 Å². The Balaban J connectivity index is 1.31. The first-order chi connectivity index (χ1) is 15.3. The van der Waals surface area contributed by atoms with Crippen molar-refractivity contribution in [3.8, 4) is 16.9 Å². The number of pyridine rings is 2. The molecule has 0 spiro atoms. The number of benzene rings is 2. The minimum atomic E-state index is 0.905. The van der Waals surface area contributed by atoms with Crippen LogP contribution in [0.4, 0.5) is 5.82 Å². The van der Waals surface area contributed by atoms with Crippen molar-refractivity contribution in [2.45, 2.75) is 6.54 Å². The van der Waals surface area contributed by atoms with E-state index in [9.17, 15) is 0 Å². The number of rotatable bonds is 5. The minimum absolute atomic E-state index is 0.905. The first kappa shape index (κ1) is 19.5. The summed E-state index contributed by atoms with van der Waals surface area (Å²) >= 11 is 0. The lowest BCUT2D eigenvalue weighted by molar-refractivity contribution is 0.249. The van der Waals surface area contributed by atoms with Gasteiger partial charge in [-0.05, 0) is 47.5 Å². The number of anilines is 1. The van der Waals surface area contributed by atoms with E-state index in [2.05, 4.69) is 57.2 Å². The second kappa shape index (κ2) is 8.74. The van der Waals surface area contributed by atoms with Gasteiger partial charge in [-0.15, -0.1) is 0 Å². The molecule has 0 bridgehead atoms. The van der Waals surface area contributed by atoms with Gasteiger partial charge in [-0.25, -0.2) is 4.98 Å². The molecule has 2 aromatic heterocycles. The number of piperazine rings is 1. The van der Waals surface area contributed by atoms with Gasteiger partial charge in [0.1, 0.15) is 11.6 Å². The van der Waals surface area contributed by atoms with Crippen LogP contribution in [0.2, 0.25) is 0 Å². The predicted molar refractivity (Wildman–Crippen MR) is 125 cm³/mol. The summed E-state index contributed by atoms with van der Waals surface area (Å²) in [6.07, 6.45) is 3.67. The molecule has 4 aromatic rings. The second-order valence-corrected chi connectivity index (χ2v) is 7.89. The van der Waals surface area contributed by atoms with Crippen molar-refractivity contribution in [1.29, 1.82) is 0 Å². The molecular formula is C26H26N4O. The summed E-state index contributed by atoms with van der Waals surface area (Å²) < 4.78 is 5.26. The van der Waals surface area contributed by atoms with Crippen molar-refractivity contribution in [3.05, 3.63) is 84.7 Å². The Bertz CT molecular complexity index is 1150. The molecule has 0 radical (unpaired) electrons. The number of aromatic nitrogens is 2. The van der Waals surface area contributed by atoms with Crippen LogP contribution in [0.25, 0.3) is 22.0 Å². The van der Waals surface area contributed by atoms with Crippen LogP contribution in [0.15, 0.2) is 79.1 Å². The van der Waals surface area contributed by atoms with E-state index in [1.165, 1.54) is 5.56 Å². The molecule has 1 saturated heterocycles. The van der Waals surface area contributed by atoms with Crippen LogP contribution >= 0.6 is 0 Å². The van der Waals surface area contributed by atoms with E-state index in [0.29, 0.717) is 0 Å². The lowest BCUT2D eigenvalue weighted by Gasteiger charge is -2.35. The smallest absolute Gasteiger partial charge is 0.129 e. The Morgan fingerprint density at radius 2 is 1.61 bits per heavy atom. The van der Waals surface area contributed by atoms with Gasteiger partial charge in [0, 0.05) is 56.1 Å². The van der Waals surface area contributed by atoms with Gasteiger partial charge in [0.25, 0.3) is 0 Å². The third-order valence-corrected chi connectivity index (χ3v) is 5.96. The highest BCUT2D eigenvalue weighted by Crippen LogP contribution is 2.29. The largest absolute Gasteiger partial charge is 0.497 e. The van der Waals surface area contributed by atoms with Gasteiger partial charge < -0.3 is 9.64 Å². The maximum Gasteiger partial charge on any atom is 0.129 e. The highest BCUT2D eigenvalue weighted by molar-refractivity contribution is 5.94. The summed E-state index contributed by atoms with van der Waals surface area (Å²) in [6.45, 7) is 4.98. The van der Waals surface area contributed by atoms with Crippen LogP contribution in [-0.2, 0) is 6.54 Å². The van der Waals surface area contributed by atoms with Crippen molar-refractivity contribution >= 4 is 16.7 Å². The Hall–Kier alpha value is -3.44. The molecule has 1 fully saturated rings. The molecule has 5 rings (SSSR count). The number of fused-ring (bicyclic) bond motifs is 1. The van der Waals surface area contributed by atoms with Crippen LogP contribution in [0, 0.1) is 0 Å². The lowest BCUT2D eigenvalue weighted by Crippen LogP contribution is -2.46. The number of hydrogen-bond acceptors (Lipinski definition) is 5. The lowest BCUT2D eigenvalue weighted by atomic mass is 10.0. The fraction of sp³-hybridized carbons (Fsp3) is 0.231. The average Bonchev–Trinajstić information content (AvgIpc) is 2.85. The van der Waals surface area contributed by atoms with Crippen molar-refractivity contribution in [2.24, 2.45) is 0 Å².